The molecule has 0 N–H and O–H groups in total. The van der Waals surface area contributed by atoms with E-state index in [1.165, 1.54) is 54.4 Å². The van der Waals surface area contributed by atoms with Gasteiger partial charge in [0.15, 0.2) is 0 Å². The number of hydrogen-bond donors (Lipinski definition) is 0. The largest absolute Gasteiger partial charge is 0.0625 e. The third kappa shape index (κ3) is 6.21. The highest BCUT2D eigenvalue weighted by atomic mass is 14.6. The van der Waals surface area contributed by atoms with Crippen LogP contribution in [0.15, 0.2) is 36.4 Å². The molecule has 2 saturated carbocycles. The van der Waals surface area contributed by atoms with Crippen LogP contribution >= 0.6 is 0 Å². The van der Waals surface area contributed by atoms with E-state index in [2.05, 4.69) is 133 Å². The summed E-state index contributed by atoms with van der Waals surface area (Å²) in [5.41, 5.74) is 10.2. The molecule has 0 nitrogen and oxygen atoms in total. The van der Waals surface area contributed by atoms with Crippen molar-refractivity contribution in [2.45, 2.75) is 162 Å². The highest BCUT2D eigenvalue weighted by Gasteiger charge is 2.51. The van der Waals surface area contributed by atoms with E-state index in [9.17, 15) is 0 Å². The van der Waals surface area contributed by atoms with E-state index in [1.54, 1.807) is 11.1 Å². The van der Waals surface area contributed by atoms with Crippen molar-refractivity contribution in [3.05, 3.63) is 69.8 Å². The first-order chi connectivity index (χ1) is 17.5. The smallest absolute Gasteiger partial charge is 0.00332 e. The number of rotatable bonds is 2. The maximum absolute atomic E-state index is 2.63. The summed E-state index contributed by atoms with van der Waals surface area (Å²) < 4.78 is 0. The Morgan fingerprint density at radius 2 is 0.923 bits per heavy atom. The molecule has 2 aliphatic rings. The molecular formula is C39H60. The Morgan fingerprint density at radius 3 is 1.31 bits per heavy atom. The summed E-state index contributed by atoms with van der Waals surface area (Å²) in [7, 11) is 0. The lowest BCUT2D eigenvalue weighted by Gasteiger charge is -2.55. The van der Waals surface area contributed by atoms with Crippen LogP contribution in [0.4, 0.5) is 0 Å². The second-order valence-corrected chi connectivity index (χ2v) is 18.4. The minimum absolute atomic E-state index is 0.145. The number of hydrogen-bond acceptors (Lipinski definition) is 0. The van der Waals surface area contributed by atoms with Gasteiger partial charge in [-0.2, -0.15) is 0 Å². The first-order valence-corrected chi connectivity index (χ1v) is 15.9. The van der Waals surface area contributed by atoms with Crippen molar-refractivity contribution in [2.75, 3.05) is 0 Å². The van der Waals surface area contributed by atoms with Crippen LogP contribution in [0.3, 0.4) is 0 Å². The molecule has 2 bridgehead atoms. The molecule has 0 aromatic heterocycles. The van der Waals surface area contributed by atoms with Crippen LogP contribution in [-0.2, 0) is 32.5 Å². The lowest BCUT2D eigenvalue weighted by molar-refractivity contribution is 0.0590. The molecule has 39 heavy (non-hydrogen) atoms. The standard InChI is InChI=1S/C39H60/c1-26-15-27-23-38(14,32-18-28(34(2,3)4)16-29(19-32)35(5,6)7)25-39(22-26,24-27)33-20-30(36(8,9)10)17-31(21-33)37(11,12)13/h16-21,26-27H,15,22-25H2,1-14H3. The molecule has 0 heteroatoms. The topological polar surface area (TPSA) is 0 Å². The van der Waals surface area contributed by atoms with Gasteiger partial charge in [0.2, 0.25) is 0 Å². The van der Waals surface area contributed by atoms with E-state index >= 15 is 0 Å². The minimum atomic E-state index is 0.145. The molecule has 4 unspecified atom stereocenters. The summed E-state index contributed by atoms with van der Waals surface area (Å²) in [5.74, 6) is 1.58. The fourth-order valence-corrected chi connectivity index (χ4v) is 7.99. The molecule has 2 aromatic carbocycles. The zero-order chi connectivity index (χ0) is 29.4. The van der Waals surface area contributed by atoms with Crippen molar-refractivity contribution in [3.63, 3.8) is 0 Å². The molecule has 0 aliphatic heterocycles. The van der Waals surface area contributed by atoms with Gasteiger partial charge in [0.1, 0.15) is 0 Å². The van der Waals surface area contributed by atoms with E-state index in [-0.39, 0.29) is 32.5 Å². The van der Waals surface area contributed by atoms with Crippen molar-refractivity contribution >= 4 is 0 Å². The SMILES string of the molecule is CC1CC2CC(C)(c3cc(C(C)(C)C)cc(C(C)(C)C)c3)CC(c3cc(C(C)(C)C)cc(C(C)(C)C)c3)(C1)C2. The second kappa shape index (κ2) is 9.49. The molecule has 2 fully saturated rings. The Hall–Kier alpha value is -1.56. The fraction of sp³-hybridized carbons (Fsp3) is 0.692. The molecule has 0 heterocycles. The molecule has 4 atom stereocenters. The summed E-state index contributed by atoms with van der Waals surface area (Å²) in [6.07, 6.45) is 6.64. The van der Waals surface area contributed by atoms with E-state index in [1.807, 2.05) is 0 Å². The molecule has 0 saturated heterocycles. The maximum Gasteiger partial charge on any atom is -0.00332 e. The Morgan fingerprint density at radius 1 is 0.538 bits per heavy atom. The van der Waals surface area contributed by atoms with Crippen LogP contribution in [0.1, 0.15) is 162 Å². The van der Waals surface area contributed by atoms with E-state index in [0.29, 0.717) is 0 Å². The van der Waals surface area contributed by atoms with Crippen LogP contribution in [-0.4, -0.2) is 0 Å². The predicted molar refractivity (Wildman–Crippen MR) is 172 cm³/mol. The quantitative estimate of drug-likeness (QED) is 0.363. The van der Waals surface area contributed by atoms with Crippen LogP contribution in [0.2, 0.25) is 0 Å². The third-order valence-electron chi connectivity index (χ3n) is 10.3. The number of fused-ring (bicyclic) bond motifs is 2. The van der Waals surface area contributed by atoms with Crippen molar-refractivity contribution in [1.29, 1.82) is 0 Å². The highest BCUT2D eigenvalue weighted by Crippen LogP contribution is 2.59. The Kier molecular flexibility index (Phi) is 7.40. The zero-order valence-corrected chi connectivity index (χ0v) is 28.2. The summed E-state index contributed by atoms with van der Waals surface area (Å²) in [5, 5.41) is 0. The van der Waals surface area contributed by atoms with Crippen LogP contribution < -0.4 is 0 Å². The van der Waals surface area contributed by atoms with Gasteiger partial charge in [0.05, 0.1) is 0 Å². The molecule has 4 rings (SSSR count). The van der Waals surface area contributed by atoms with Gasteiger partial charge in [0.25, 0.3) is 0 Å². The summed E-state index contributed by atoms with van der Waals surface area (Å²) >= 11 is 0. The predicted octanol–water partition coefficient (Wildman–Crippen LogP) is 11.3. The molecule has 2 aliphatic carbocycles. The third-order valence-corrected chi connectivity index (χ3v) is 10.3. The van der Waals surface area contributed by atoms with Gasteiger partial charge in [-0.3, -0.25) is 0 Å². The van der Waals surface area contributed by atoms with Gasteiger partial charge in [-0.05, 0) is 110 Å². The average Bonchev–Trinajstić information content (AvgIpc) is 2.75. The molecular weight excluding hydrogens is 468 g/mol. The van der Waals surface area contributed by atoms with Gasteiger partial charge in [-0.15, -0.1) is 0 Å². The molecule has 216 valence electrons. The van der Waals surface area contributed by atoms with E-state index in [0.717, 1.165) is 11.8 Å². The molecule has 0 amide bonds. The zero-order valence-electron chi connectivity index (χ0n) is 28.2. The van der Waals surface area contributed by atoms with Crippen molar-refractivity contribution in [2.24, 2.45) is 11.8 Å². The summed E-state index contributed by atoms with van der Waals surface area (Å²) in [4.78, 5) is 0. The highest BCUT2D eigenvalue weighted by molar-refractivity contribution is 5.45. The van der Waals surface area contributed by atoms with Gasteiger partial charge >= 0.3 is 0 Å². The van der Waals surface area contributed by atoms with Crippen LogP contribution in [0, 0.1) is 11.8 Å². The summed E-state index contributed by atoms with van der Waals surface area (Å²) in [6.45, 7) is 33.8. The second-order valence-electron chi connectivity index (χ2n) is 18.4. The van der Waals surface area contributed by atoms with E-state index < -0.39 is 0 Å². The van der Waals surface area contributed by atoms with Crippen molar-refractivity contribution in [1.82, 2.24) is 0 Å². The Bertz CT molecular complexity index is 1130. The van der Waals surface area contributed by atoms with Gasteiger partial charge in [-0.1, -0.05) is 133 Å². The van der Waals surface area contributed by atoms with E-state index in [4.69, 9.17) is 0 Å². The van der Waals surface area contributed by atoms with Gasteiger partial charge in [-0.25, -0.2) is 0 Å². The van der Waals surface area contributed by atoms with Crippen LogP contribution in [0.5, 0.6) is 0 Å². The van der Waals surface area contributed by atoms with Crippen molar-refractivity contribution in [3.8, 4) is 0 Å². The Balaban J connectivity index is 1.92. The lowest BCUT2D eigenvalue weighted by Crippen LogP contribution is -2.48. The molecule has 0 spiro atoms. The molecule has 2 aromatic rings. The fourth-order valence-electron chi connectivity index (χ4n) is 7.99. The van der Waals surface area contributed by atoms with Gasteiger partial charge in [0, 0.05) is 0 Å². The van der Waals surface area contributed by atoms with Crippen molar-refractivity contribution < 1.29 is 0 Å². The lowest BCUT2D eigenvalue weighted by atomic mass is 9.49. The first-order valence-electron chi connectivity index (χ1n) is 15.9. The van der Waals surface area contributed by atoms with Gasteiger partial charge < -0.3 is 0 Å². The molecule has 0 radical (unpaired) electrons. The average molecular weight is 529 g/mol. The maximum atomic E-state index is 2.63. The first kappa shape index (κ1) is 30.4. The monoisotopic (exact) mass is 528 g/mol. The Labute approximate surface area is 242 Å². The number of benzene rings is 2. The van der Waals surface area contributed by atoms with Crippen LogP contribution in [0.25, 0.3) is 0 Å². The normalized spacial score (nSPS) is 28.5. The summed E-state index contributed by atoms with van der Waals surface area (Å²) in [6, 6.07) is 15.5. The minimum Gasteiger partial charge on any atom is -0.0625 e.